The van der Waals surface area contributed by atoms with Crippen LogP contribution in [0.25, 0.3) is 10.8 Å². The van der Waals surface area contributed by atoms with Crippen LogP contribution in [0.15, 0.2) is 66.0 Å². The molecule has 0 unspecified atom stereocenters. The molecular formula is C17H17N. The summed E-state index contributed by atoms with van der Waals surface area (Å²) in [5, 5.41) is 5.95. The third kappa shape index (κ3) is 2.04. The van der Waals surface area contributed by atoms with Crippen molar-refractivity contribution in [1.29, 1.82) is 0 Å². The van der Waals surface area contributed by atoms with Gasteiger partial charge in [-0.2, -0.15) is 0 Å². The maximum atomic E-state index is 3.34. The van der Waals surface area contributed by atoms with Crippen LogP contribution in [0.5, 0.6) is 0 Å². The number of benzene rings is 2. The highest BCUT2D eigenvalue weighted by Gasteiger charge is 2.11. The third-order valence-electron chi connectivity index (χ3n) is 3.41. The van der Waals surface area contributed by atoms with Crippen molar-refractivity contribution in [1.82, 2.24) is 5.32 Å². The SMILES string of the molecule is CC1=CC(c2ccc3ccccc3c2)C=C(C)N1. The number of allylic oxidation sites excluding steroid dienone is 4. The van der Waals surface area contributed by atoms with E-state index in [0.29, 0.717) is 5.92 Å². The minimum absolute atomic E-state index is 0.385. The van der Waals surface area contributed by atoms with Crippen LogP contribution in [0, 0.1) is 0 Å². The Hall–Kier alpha value is -2.02. The number of hydrogen-bond acceptors (Lipinski definition) is 1. The summed E-state index contributed by atoms with van der Waals surface area (Å²) >= 11 is 0. The number of rotatable bonds is 1. The molecule has 0 fully saturated rings. The standard InChI is InChI=1S/C17H17N/c1-12-9-17(10-13(2)18-12)16-8-7-14-5-3-4-6-15(14)11-16/h3-11,17-18H,1-2H3. The molecule has 1 heteroatoms. The largest absolute Gasteiger partial charge is 0.363 e. The summed E-state index contributed by atoms with van der Waals surface area (Å²) < 4.78 is 0. The first kappa shape index (κ1) is 11.1. The number of hydrogen-bond donors (Lipinski definition) is 1. The van der Waals surface area contributed by atoms with E-state index in [1.807, 2.05) is 0 Å². The summed E-state index contributed by atoms with van der Waals surface area (Å²) in [7, 11) is 0. The molecule has 0 atom stereocenters. The Morgan fingerprint density at radius 3 is 2.22 bits per heavy atom. The van der Waals surface area contributed by atoms with Gasteiger partial charge in [-0.1, -0.05) is 54.6 Å². The predicted molar refractivity (Wildman–Crippen MR) is 77.3 cm³/mol. The zero-order valence-corrected chi connectivity index (χ0v) is 10.8. The lowest BCUT2D eigenvalue weighted by atomic mass is 9.93. The van der Waals surface area contributed by atoms with Crippen molar-refractivity contribution in [2.24, 2.45) is 0 Å². The van der Waals surface area contributed by atoms with E-state index in [2.05, 4.69) is 73.8 Å². The fraction of sp³-hybridized carbons (Fsp3) is 0.176. The molecule has 0 saturated carbocycles. The molecular weight excluding hydrogens is 218 g/mol. The van der Waals surface area contributed by atoms with Crippen LogP contribution >= 0.6 is 0 Å². The van der Waals surface area contributed by atoms with E-state index >= 15 is 0 Å². The van der Waals surface area contributed by atoms with Crippen LogP contribution in [0.4, 0.5) is 0 Å². The fourth-order valence-electron chi connectivity index (χ4n) is 2.59. The minimum Gasteiger partial charge on any atom is -0.363 e. The molecule has 1 heterocycles. The van der Waals surface area contributed by atoms with Gasteiger partial charge >= 0.3 is 0 Å². The molecule has 18 heavy (non-hydrogen) atoms. The normalized spacial score (nSPS) is 16.1. The highest BCUT2D eigenvalue weighted by molar-refractivity contribution is 5.83. The van der Waals surface area contributed by atoms with Crippen LogP contribution in [0.3, 0.4) is 0 Å². The van der Waals surface area contributed by atoms with Crippen LogP contribution in [0.1, 0.15) is 25.3 Å². The Labute approximate surface area is 108 Å². The number of dihydropyridines is 1. The van der Waals surface area contributed by atoms with E-state index in [-0.39, 0.29) is 0 Å². The van der Waals surface area contributed by atoms with E-state index in [1.54, 1.807) is 0 Å². The van der Waals surface area contributed by atoms with Gasteiger partial charge in [0.2, 0.25) is 0 Å². The molecule has 0 bridgehead atoms. The average molecular weight is 235 g/mol. The molecule has 0 aromatic heterocycles. The zero-order valence-electron chi connectivity index (χ0n) is 10.8. The van der Waals surface area contributed by atoms with Crippen LogP contribution < -0.4 is 5.32 Å². The van der Waals surface area contributed by atoms with Crippen LogP contribution in [-0.2, 0) is 0 Å². The molecule has 0 amide bonds. The molecule has 1 nitrogen and oxygen atoms in total. The molecule has 0 aliphatic carbocycles. The molecule has 2 aromatic carbocycles. The topological polar surface area (TPSA) is 12.0 Å². The number of fused-ring (bicyclic) bond motifs is 1. The molecule has 1 aliphatic rings. The van der Waals surface area contributed by atoms with Gasteiger partial charge < -0.3 is 5.32 Å². The Balaban J connectivity index is 2.06. The van der Waals surface area contributed by atoms with Gasteiger partial charge in [0.1, 0.15) is 0 Å². The second-order valence-corrected chi connectivity index (χ2v) is 4.96. The maximum Gasteiger partial charge on any atom is 0.0238 e. The highest BCUT2D eigenvalue weighted by atomic mass is 14.9. The molecule has 0 radical (unpaired) electrons. The Morgan fingerprint density at radius 2 is 1.50 bits per heavy atom. The van der Waals surface area contributed by atoms with Crippen molar-refractivity contribution in [2.45, 2.75) is 19.8 Å². The van der Waals surface area contributed by atoms with Crippen LogP contribution in [0.2, 0.25) is 0 Å². The molecule has 0 spiro atoms. The minimum atomic E-state index is 0.385. The maximum absolute atomic E-state index is 3.34. The van der Waals surface area contributed by atoms with Crippen molar-refractivity contribution in [3.05, 3.63) is 71.6 Å². The van der Waals surface area contributed by atoms with E-state index in [0.717, 1.165) is 0 Å². The van der Waals surface area contributed by atoms with Gasteiger partial charge in [-0.3, -0.25) is 0 Å². The lowest BCUT2D eigenvalue weighted by Gasteiger charge is -2.19. The smallest absolute Gasteiger partial charge is 0.0238 e. The lowest BCUT2D eigenvalue weighted by Crippen LogP contribution is -2.14. The van der Waals surface area contributed by atoms with Gasteiger partial charge in [-0.05, 0) is 30.2 Å². The Kier molecular flexibility index (Phi) is 2.67. The van der Waals surface area contributed by atoms with E-state index in [4.69, 9.17) is 0 Å². The van der Waals surface area contributed by atoms with E-state index in [1.165, 1.54) is 27.7 Å². The lowest BCUT2D eigenvalue weighted by molar-refractivity contribution is 0.871. The first-order valence-corrected chi connectivity index (χ1v) is 6.35. The van der Waals surface area contributed by atoms with Gasteiger partial charge in [-0.25, -0.2) is 0 Å². The van der Waals surface area contributed by atoms with Gasteiger partial charge in [0.05, 0.1) is 0 Å². The summed E-state index contributed by atoms with van der Waals surface area (Å²) in [6.07, 6.45) is 4.55. The van der Waals surface area contributed by atoms with Crippen LogP contribution in [-0.4, -0.2) is 0 Å². The monoisotopic (exact) mass is 235 g/mol. The molecule has 1 N–H and O–H groups in total. The summed E-state index contributed by atoms with van der Waals surface area (Å²) in [5.41, 5.74) is 3.82. The first-order valence-electron chi connectivity index (χ1n) is 6.35. The van der Waals surface area contributed by atoms with Crippen molar-refractivity contribution in [3.63, 3.8) is 0 Å². The molecule has 3 rings (SSSR count). The summed E-state index contributed by atoms with van der Waals surface area (Å²) in [6, 6.07) is 15.2. The van der Waals surface area contributed by atoms with Crippen molar-refractivity contribution >= 4 is 10.8 Å². The van der Waals surface area contributed by atoms with Crippen molar-refractivity contribution < 1.29 is 0 Å². The fourth-order valence-corrected chi connectivity index (χ4v) is 2.59. The molecule has 2 aromatic rings. The van der Waals surface area contributed by atoms with Crippen molar-refractivity contribution in [3.8, 4) is 0 Å². The van der Waals surface area contributed by atoms with Gasteiger partial charge in [-0.15, -0.1) is 0 Å². The van der Waals surface area contributed by atoms with Gasteiger partial charge in [0, 0.05) is 17.3 Å². The molecule has 90 valence electrons. The zero-order chi connectivity index (χ0) is 12.5. The second-order valence-electron chi connectivity index (χ2n) is 4.96. The number of nitrogens with one attached hydrogen (secondary N) is 1. The van der Waals surface area contributed by atoms with Gasteiger partial charge in [0.15, 0.2) is 0 Å². The highest BCUT2D eigenvalue weighted by Crippen LogP contribution is 2.27. The quantitative estimate of drug-likeness (QED) is 0.775. The summed E-state index contributed by atoms with van der Waals surface area (Å²) in [4.78, 5) is 0. The summed E-state index contributed by atoms with van der Waals surface area (Å²) in [5.74, 6) is 0.385. The Bertz CT molecular complexity index is 631. The Morgan fingerprint density at radius 1 is 0.833 bits per heavy atom. The molecule has 0 saturated heterocycles. The predicted octanol–water partition coefficient (Wildman–Crippen LogP) is 4.33. The first-order chi connectivity index (χ1) is 8.72. The third-order valence-corrected chi connectivity index (χ3v) is 3.41. The average Bonchev–Trinajstić information content (AvgIpc) is 2.37. The van der Waals surface area contributed by atoms with E-state index < -0.39 is 0 Å². The summed E-state index contributed by atoms with van der Waals surface area (Å²) in [6.45, 7) is 4.23. The van der Waals surface area contributed by atoms with Crippen molar-refractivity contribution in [2.75, 3.05) is 0 Å². The second kappa shape index (κ2) is 4.34. The molecule has 1 aliphatic heterocycles. The van der Waals surface area contributed by atoms with E-state index in [9.17, 15) is 0 Å². The van der Waals surface area contributed by atoms with Gasteiger partial charge in [0.25, 0.3) is 0 Å².